The van der Waals surface area contributed by atoms with Gasteiger partial charge in [0.05, 0.1) is 12.3 Å². The Balaban J connectivity index is 1.73. The van der Waals surface area contributed by atoms with E-state index in [1.165, 1.54) is 6.26 Å². The molecule has 1 N–H and O–H groups in total. The molecule has 0 unspecified atom stereocenters. The van der Waals surface area contributed by atoms with E-state index in [4.69, 9.17) is 9.15 Å². The van der Waals surface area contributed by atoms with Gasteiger partial charge in [-0.15, -0.1) is 0 Å². The zero-order chi connectivity index (χ0) is 22.7. The maximum Gasteiger partial charge on any atom is 0.290 e. The Kier molecular flexibility index (Phi) is 6.30. The van der Waals surface area contributed by atoms with Crippen LogP contribution in [0, 0.1) is 6.92 Å². The predicted molar refractivity (Wildman–Crippen MR) is 122 cm³/mol. The molecule has 6 heteroatoms. The lowest BCUT2D eigenvalue weighted by molar-refractivity contribution is -0.127. The van der Waals surface area contributed by atoms with E-state index in [0.717, 1.165) is 28.7 Å². The molecule has 1 aliphatic rings. The molecule has 2 heterocycles. The Morgan fingerprint density at radius 1 is 1.19 bits per heavy atom. The van der Waals surface area contributed by atoms with E-state index in [-0.39, 0.29) is 17.9 Å². The van der Waals surface area contributed by atoms with Crippen LogP contribution in [-0.2, 0) is 11.2 Å². The maximum atomic E-state index is 13.3. The molecule has 166 valence electrons. The summed E-state index contributed by atoms with van der Waals surface area (Å²) >= 11 is 0. The molecule has 6 nitrogen and oxygen atoms in total. The number of hydrogen-bond acceptors (Lipinski definition) is 4. The largest absolute Gasteiger partial charge is 0.481 e. The summed E-state index contributed by atoms with van der Waals surface area (Å²) in [6.07, 6.45) is 1.63. The average Bonchev–Trinajstić information content (AvgIpc) is 3.33. The average molecular weight is 433 g/mol. The molecule has 2 aromatic carbocycles. The molecule has 3 aromatic rings. The number of amides is 2. The number of ether oxygens (including phenoxy) is 1. The molecule has 1 aromatic heterocycles. The standard InChI is InChI=1S/C26H28N2O4/c1-4-27-25(29)18(3)32-21-11-10-19-12-13-28(26(30)23-9-6-14-31-23)24(22(19)16-21)20-8-5-7-17(2)15-20/h5-11,14-16,18,24H,4,12-13H2,1-3H3,(H,27,29)/t18-,24-/m0/s1. The topological polar surface area (TPSA) is 71.8 Å². The number of furan rings is 1. The normalized spacial score (nSPS) is 16.2. The van der Waals surface area contributed by atoms with Gasteiger partial charge in [0.25, 0.3) is 11.8 Å². The Hall–Kier alpha value is -3.54. The molecular formula is C26H28N2O4. The van der Waals surface area contributed by atoms with Gasteiger partial charge in [-0.25, -0.2) is 0 Å². The van der Waals surface area contributed by atoms with Crippen LogP contribution in [-0.4, -0.2) is 35.9 Å². The van der Waals surface area contributed by atoms with E-state index in [0.29, 0.717) is 24.6 Å². The Labute approximate surface area is 188 Å². The van der Waals surface area contributed by atoms with Crippen LogP contribution in [0.25, 0.3) is 0 Å². The molecule has 0 bridgehead atoms. The van der Waals surface area contributed by atoms with Gasteiger partial charge in [-0.3, -0.25) is 9.59 Å². The molecule has 1 aliphatic heterocycles. The van der Waals surface area contributed by atoms with Crippen molar-refractivity contribution in [3.8, 4) is 5.75 Å². The Bertz CT molecular complexity index is 1110. The van der Waals surface area contributed by atoms with E-state index >= 15 is 0 Å². The highest BCUT2D eigenvalue weighted by Crippen LogP contribution is 2.38. The first-order valence-electron chi connectivity index (χ1n) is 11.0. The van der Waals surface area contributed by atoms with Crippen LogP contribution in [0.2, 0.25) is 0 Å². The first-order valence-corrected chi connectivity index (χ1v) is 11.0. The van der Waals surface area contributed by atoms with Crippen LogP contribution in [0.4, 0.5) is 0 Å². The van der Waals surface area contributed by atoms with Crippen LogP contribution >= 0.6 is 0 Å². The van der Waals surface area contributed by atoms with Crippen molar-refractivity contribution in [2.45, 2.75) is 39.3 Å². The molecule has 0 aliphatic carbocycles. The van der Waals surface area contributed by atoms with Crippen molar-refractivity contribution >= 4 is 11.8 Å². The summed E-state index contributed by atoms with van der Waals surface area (Å²) in [5.41, 5.74) is 4.32. The minimum Gasteiger partial charge on any atom is -0.481 e. The van der Waals surface area contributed by atoms with Gasteiger partial charge in [0, 0.05) is 13.1 Å². The molecule has 0 spiro atoms. The fraction of sp³-hybridized carbons (Fsp3) is 0.308. The van der Waals surface area contributed by atoms with Crippen LogP contribution in [0.1, 0.15) is 52.7 Å². The number of benzene rings is 2. The molecule has 32 heavy (non-hydrogen) atoms. The highest BCUT2D eigenvalue weighted by molar-refractivity contribution is 5.92. The first kappa shape index (κ1) is 21.7. The molecule has 2 atom stereocenters. The second kappa shape index (κ2) is 9.30. The Morgan fingerprint density at radius 2 is 2.03 bits per heavy atom. The lowest BCUT2D eigenvalue weighted by Crippen LogP contribution is -2.40. The fourth-order valence-corrected chi connectivity index (χ4v) is 4.20. The van der Waals surface area contributed by atoms with Crippen molar-refractivity contribution in [3.05, 3.63) is 88.9 Å². The molecule has 0 radical (unpaired) electrons. The van der Waals surface area contributed by atoms with Crippen LogP contribution in [0.3, 0.4) is 0 Å². The third kappa shape index (κ3) is 4.40. The number of fused-ring (bicyclic) bond motifs is 1. The summed E-state index contributed by atoms with van der Waals surface area (Å²) < 4.78 is 11.3. The van der Waals surface area contributed by atoms with Crippen molar-refractivity contribution < 1.29 is 18.7 Å². The summed E-state index contributed by atoms with van der Waals surface area (Å²) in [6, 6.07) is 17.2. The second-order valence-corrected chi connectivity index (χ2v) is 8.06. The quantitative estimate of drug-likeness (QED) is 0.631. The number of nitrogens with one attached hydrogen (secondary N) is 1. The van der Waals surface area contributed by atoms with Crippen molar-refractivity contribution in [1.29, 1.82) is 0 Å². The summed E-state index contributed by atoms with van der Waals surface area (Å²) in [7, 11) is 0. The number of carbonyl (C=O) groups excluding carboxylic acids is 2. The second-order valence-electron chi connectivity index (χ2n) is 8.06. The van der Waals surface area contributed by atoms with Crippen LogP contribution in [0.15, 0.2) is 65.3 Å². The van der Waals surface area contributed by atoms with Crippen molar-refractivity contribution in [2.24, 2.45) is 0 Å². The summed E-state index contributed by atoms with van der Waals surface area (Å²) in [6.45, 7) is 6.78. The smallest absolute Gasteiger partial charge is 0.290 e. The minimum absolute atomic E-state index is 0.144. The van der Waals surface area contributed by atoms with Gasteiger partial charge in [0.15, 0.2) is 11.9 Å². The molecule has 0 fully saturated rings. The van der Waals surface area contributed by atoms with Gasteiger partial charge in [0.2, 0.25) is 0 Å². The summed E-state index contributed by atoms with van der Waals surface area (Å²) in [4.78, 5) is 27.3. The molecule has 0 saturated heterocycles. The first-order chi connectivity index (χ1) is 15.5. The molecule has 0 saturated carbocycles. The van der Waals surface area contributed by atoms with Crippen molar-refractivity contribution in [3.63, 3.8) is 0 Å². The van der Waals surface area contributed by atoms with E-state index in [2.05, 4.69) is 11.4 Å². The van der Waals surface area contributed by atoms with Crippen molar-refractivity contribution in [2.75, 3.05) is 13.1 Å². The summed E-state index contributed by atoms with van der Waals surface area (Å²) in [5.74, 6) is 0.625. The monoisotopic (exact) mass is 432 g/mol. The minimum atomic E-state index is -0.616. The van der Waals surface area contributed by atoms with E-state index in [1.807, 2.05) is 55.1 Å². The van der Waals surface area contributed by atoms with E-state index in [1.54, 1.807) is 19.1 Å². The van der Waals surface area contributed by atoms with Gasteiger partial charge in [0.1, 0.15) is 5.75 Å². The van der Waals surface area contributed by atoms with Crippen LogP contribution < -0.4 is 10.1 Å². The van der Waals surface area contributed by atoms with Gasteiger partial charge in [-0.05, 0) is 68.1 Å². The van der Waals surface area contributed by atoms with Gasteiger partial charge >= 0.3 is 0 Å². The molecular weight excluding hydrogens is 404 g/mol. The van der Waals surface area contributed by atoms with Gasteiger partial charge in [-0.2, -0.15) is 0 Å². The third-order valence-corrected chi connectivity index (χ3v) is 5.73. The maximum absolute atomic E-state index is 13.3. The van der Waals surface area contributed by atoms with Gasteiger partial charge < -0.3 is 19.4 Å². The van der Waals surface area contributed by atoms with E-state index in [9.17, 15) is 9.59 Å². The Morgan fingerprint density at radius 3 is 2.75 bits per heavy atom. The number of aryl methyl sites for hydroxylation is 1. The number of rotatable bonds is 6. The highest BCUT2D eigenvalue weighted by Gasteiger charge is 2.34. The van der Waals surface area contributed by atoms with Crippen LogP contribution in [0.5, 0.6) is 5.75 Å². The van der Waals surface area contributed by atoms with Gasteiger partial charge in [-0.1, -0.05) is 35.9 Å². The predicted octanol–water partition coefficient (Wildman–Crippen LogP) is 4.28. The zero-order valence-corrected chi connectivity index (χ0v) is 18.6. The molecule has 4 rings (SSSR count). The number of likely N-dealkylation sites (N-methyl/N-ethyl adjacent to an activating group) is 1. The number of carbonyl (C=O) groups is 2. The number of hydrogen-bond donors (Lipinski definition) is 1. The lowest BCUT2D eigenvalue weighted by atomic mass is 9.87. The highest BCUT2D eigenvalue weighted by atomic mass is 16.5. The number of nitrogens with zero attached hydrogens (tertiary/aromatic N) is 1. The summed E-state index contributed by atoms with van der Waals surface area (Å²) in [5, 5.41) is 2.78. The fourth-order valence-electron chi connectivity index (χ4n) is 4.20. The van der Waals surface area contributed by atoms with Crippen molar-refractivity contribution in [1.82, 2.24) is 10.2 Å². The SMILES string of the molecule is CCNC(=O)[C@H](C)Oc1ccc2c(c1)[C@H](c1cccc(C)c1)N(C(=O)c1ccco1)CC2. The lowest BCUT2D eigenvalue weighted by Gasteiger charge is -2.37. The molecule has 2 amide bonds. The van der Waals surface area contributed by atoms with E-state index < -0.39 is 6.10 Å². The third-order valence-electron chi connectivity index (χ3n) is 5.73. The zero-order valence-electron chi connectivity index (χ0n) is 18.6.